The molecule has 0 radical (unpaired) electrons. The van der Waals surface area contributed by atoms with Gasteiger partial charge in [-0.3, -0.25) is 52.7 Å². The number of esters is 2. The molecule has 5 aliphatic heterocycles. The second kappa shape index (κ2) is 27.6. The van der Waals surface area contributed by atoms with Crippen LogP contribution in [0.5, 0.6) is 0 Å². The standard InChI is InChI=1S/C62H86N12O16/c1-27(2)42-59(84)73-23-17-19-36(73)57(82)69(13)25-38(75)71(15)48(29(5)6)61(86)88-33(11)44(55(80)65-42)67-53(78)35-22-21-31(9)51-46(35)64-47-40(41(63)50(77)32(10)52(47)90-51)54(79)68-45-34(12)89-62(87)49(30(7)8)72(16)39(76)26-70(14)58(83)37-20-18-24-74(37)60(85)43(28(3)4)66-56(45)81/h21-22,27-30,33-34,36-37,42-45,48-49H,17-20,23-26,63H2,1-16H3,(H,65,80)(H,66,81)(H,67,78)(H,68,79)/t33-,34-,36-,37-,42-,43-,44-,45-,48-,49-/m0/s1. The van der Waals surface area contributed by atoms with E-state index in [1.165, 1.54) is 80.7 Å². The number of likely N-dealkylation sites (N-methyl/N-ethyl adjacent to an activating group) is 4. The number of aryl methyl sites for hydroxylation is 1. The molecule has 10 amide bonds. The van der Waals surface area contributed by atoms with E-state index in [1.54, 1.807) is 62.3 Å². The van der Waals surface area contributed by atoms with E-state index in [2.05, 4.69) is 21.3 Å². The quantitative estimate of drug-likeness (QED) is 0.118. The lowest BCUT2D eigenvalue weighted by molar-refractivity contribution is -0.163. The first-order valence-electron chi connectivity index (χ1n) is 30.5. The largest absolute Gasteiger partial charge is 0.458 e. The van der Waals surface area contributed by atoms with Crippen molar-refractivity contribution in [3.8, 4) is 11.5 Å². The zero-order chi connectivity index (χ0) is 67.0. The van der Waals surface area contributed by atoms with Crippen molar-refractivity contribution in [3.63, 3.8) is 0 Å². The van der Waals surface area contributed by atoms with Gasteiger partial charge in [-0.15, -0.1) is 0 Å². The van der Waals surface area contributed by atoms with Gasteiger partial charge in [-0.1, -0.05) is 61.5 Å². The molecule has 490 valence electrons. The number of carbonyl (C=O) groups is 12. The van der Waals surface area contributed by atoms with Crippen LogP contribution < -0.4 is 32.4 Å². The molecule has 1 aromatic carbocycles. The number of ether oxygens (including phenoxy) is 2. The van der Waals surface area contributed by atoms with Gasteiger partial charge in [0.05, 0.1) is 29.9 Å². The SMILES string of the molecule is Cc1c2oc3c(C)ccc(C(=O)N[C@@H]4C(=O)N[C@@H](C(C)C)C(=O)N5CCC[C@H]5C(=O)N(C)CC(=O)N(C)[C@@H](C(C)C)C(=O)O[C@H]4C)c3nc-2c(C(=O)N[C@@H]2C(=O)N[C@@H](C(C)C)C(=O)N3CCC[C@H]3C(=O)N(C)CC(=O)N(C)[C@@H](C(C)C)C(=O)O[C@H]2C)c(N)c1=O. The third-order valence-electron chi connectivity index (χ3n) is 17.5. The number of anilines is 1. The second-order valence-electron chi connectivity index (χ2n) is 25.5. The van der Waals surface area contributed by atoms with Crippen LogP contribution in [0.4, 0.5) is 5.69 Å². The summed E-state index contributed by atoms with van der Waals surface area (Å²) >= 11 is 0. The summed E-state index contributed by atoms with van der Waals surface area (Å²) in [6.07, 6.45) is -1.65. The van der Waals surface area contributed by atoms with E-state index >= 15 is 9.59 Å². The molecule has 1 aliphatic carbocycles. The minimum Gasteiger partial charge on any atom is -0.458 e. The average Bonchev–Trinajstić information content (AvgIpc) is 0.893. The van der Waals surface area contributed by atoms with Crippen LogP contribution in [0.15, 0.2) is 21.3 Å². The molecule has 0 aromatic heterocycles. The van der Waals surface area contributed by atoms with Crippen LogP contribution in [0, 0.1) is 37.5 Å². The highest BCUT2D eigenvalue weighted by Crippen LogP contribution is 2.35. The van der Waals surface area contributed by atoms with Gasteiger partial charge >= 0.3 is 11.9 Å². The maximum atomic E-state index is 15.2. The minimum absolute atomic E-state index is 0.0763. The fourth-order valence-electron chi connectivity index (χ4n) is 12.3. The molecule has 6 aliphatic rings. The molecule has 1 aromatic rings. The third kappa shape index (κ3) is 13.7. The number of nitrogens with zero attached hydrogens (tertiary/aromatic N) is 7. The van der Waals surface area contributed by atoms with Crippen molar-refractivity contribution < 1.29 is 71.4 Å². The summed E-state index contributed by atoms with van der Waals surface area (Å²) in [5.41, 5.74) is 3.57. The number of nitrogen functional groups attached to an aromatic ring is 1. The number of carbonyl (C=O) groups excluding carboxylic acids is 12. The Labute approximate surface area is 522 Å². The first-order valence-corrected chi connectivity index (χ1v) is 30.5. The summed E-state index contributed by atoms with van der Waals surface area (Å²) in [7, 11) is 5.59. The van der Waals surface area contributed by atoms with Gasteiger partial charge < -0.3 is 70.3 Å². The molecule has 28 nitrogen and oxygen atoms in total. The van der Waals surface area contributed by atoms with Crippen LogP contribution >= 0.6 is 0 Å². The number of hydrogen-bond acceptors (Lipinski definition) is 18. The number of aromatic nitrogens is 1. The molecule has 10 atom stereocenters. The summed E-state index contributed by atoms with van der Waals surface area (Å²) in [5.74, 6) is -12.4. The van der Waals surface area contributed by atoms with Gasteiger partial charge in [-0.05, 0) is 88.7 Å². The topological polar surface area (TPSA) is 360 Å². The smallest absolute Gasteiger partial charge is 0.329 e. The lowest BCUT2D eigenvalue weighted by Crippen LogP contribution is -2.61. The highest BCUT2D eigenvalue weighted by atomic mass is 16.6. The minimum atomic E-state index is -1.88. The molecule has 4 fully saturated rings. The Morgan fingerprint density at radius 3 is 1.44 bits per heavy atom. The number of rotatable bonds is 8. The number of benzene rings is 2. The molecular weight excluding hydrogens is 1170 g/mol. The van der Waals surface area contributed by atoms with Gasteiger partial charge in [0.15, 0.2) is 11.3 Å². The fourth-order valence-corrected chi connectivity index (χ4v) is 12.3. The first kappa shape index (κ1) is 68.8. The van der Waals surface area contributed by atoms with Crippen LogP contribution in [0.2, 0.25) is 0 Å². The zero-order valence-corrected chi connectivity index (χ0v) is 54.1. The normalized spacial score (nSPS) is 26.2. The van der Waals surface area contributed by atoms with Crippen molar-refractivity contribution in [2.24, 2.45) is 23.7 Å². The van der Waals surface area contributed by atoms with Crippen molar-refractivity contribution in [1.82, 2.24) is 55.7 Å². The van der Waals surface area contributed by atoms with E-state index in [-0.39, 0.29) is 53.9 Å². The van der Waals surface area contributed by atoms with Crippen LogP contribution in [-0.4, -0.2) is 220 Å². The second-order valence-corrected chi connectivity index (χ2v) is 25.5. The molecule has 5 heterocycles. The Morgan fingerprint density at radius 1 is 0.611 bits per heavy atom. The van der Waals surface area contributed by atoms with Crippen LogP contribution in [0.1, 0.15) is 127 Å². The lowest BCUT2D eigenvalue weighted by Gasteiger charge is -2.36. The first-order chi connectivity index (χ1) is 42.1. The van der Waals surface area contributed by atoms with E-state index in [1.807, 2.05) is 0 Å². The number of nitrogens with one attached hydrogen (secondary N) is 4. The lowest BCUT2D eigenvalue weighted by atomic mass is 9.98. The molecule has 0 unspecified atom stereocenters. The Balaban J connectivity index is 1.32. The fraction of sp³-hybridized carbons (Fsp3) is 0.613. The van der Waals surface area contributed by atoms with Gasteiger partial charge in [-0.25, -0.2) is 14.6 Å². The van der Waals surface area contributed by atoms with Crippen molar-refractivity contribution in [3.05, 3.63) is 44.6 Å². The molecule has 0 saturated carbocycles. The average molecular weight is 1260 g/mol. The molecule has 6 N–H and O–H groups in total. The summed E-state index contributed by atoms with van der Waals surface area (Å²) in [6.45, 7) is 18.4. The van der Waals surface area contributed by atoms with Gasteiger partial charge in [-0.2, -0.15) is 0 Å². The van der Waals surface area contributed by atoms with Crippen LogP contribution in [-0.2, 0) is 57.4 Å². The molecule has 0 bridgehead atoms. The highest BCUT2D eigenvalue weighted by Gasteiger charge is 2.46. The van der Waals surface area contributed by atoms with Crippen molar-refractivity contribution in [2.45, 2.75) is 169 Å². The van der Waals surface area contributed by atoms with Crippen molar-refractivity contribution in [1.29, 1.82) is 0 Å². The molecule has 90 heavy (non-hydrogen) atoms. The van der Waals surface area contributed by atoms with Gasteiger partial charge in [0, 0.05) is 46.8 Å². The predicted molar refractivity (Wildman–Crippen MR) is 325 cm³/mol. The number of hydrogen-bond donors (Lipinski definition) is 5. The molecule has 7 rings (SSSR count). The number of amides is 10. The highest BCUT2D eigenvalue weighted by molar-refractivity contribution is 6.10. The van der Waals surface area contributed by atoms with E-state index in [0.717, 1.165) is 9.80 Å². The van der Waals surface area contributed by atoms with Crippen LogP contribution in [0.3, 0.4) is 0 Å². The summed E-state index contributed by atoms with van der Waals surface area (Å²) < 4.78 is 18.3. The summed E-state index contributed by atoms with van der Waals surface area (Å²) in [5, 5.41) is 10.7. The third-order valence-corrected chi connectivity index (χ3v) is 17.5. The number of cyclic esters (lactones) is 2. The van der Waals surface area contributed by atoms with E-state index in [4.69, 9.17) is 24.6 Å². The Morgan fingerprint density at radius 2 is 1.03 bits per heavy atom. The Hall–Kier alpha value is -8.72. The van der Waals surface area contributed by atoms with Gasteiger partial charge in [0.1, 0.15) is 71.8 Å². The zero-order valence-electron chi connectivity index (χ0n) is 54.1. The number of nitrogens with two attached hydrogens (primary N) is 1. The molecule has 0 spiro atoms. The summed E-state index contributed by atoms with van der Waals surface area (Å²) in [4.78, 5) is 199. The van der Waals surface area contributed by atoms with Crippen molar-refractivity contribution >= 4 is 87.8 Å². The maximum Gasteiger partial charge on any atom is 0.329 e. The van der Waals surface area contributed by atoms with E-state index in [9.17, 15) is 52.7 Å². The predicted octanol–water partition coefficient (Wildman–Crippen LogP) is 0.726. The summed E-state index contributed by atoms with van der Waals surface area (Å²) in [6, 6.07) is -7.90. The Kier molecular flexibility index (Phi) is 21.1. The molecule has 4 saturated heterocycles. The van der Waals surface area contributed by atoms with Crippen LogP contribution in [0.25, 0.3) is 22.6 Å². The van der Waals surface area contributed by atoms with E-state index < -0.39 is 191 Å². The number of fused-ring (bicyclic) bond motifs is 4. The van der Waals surface area contributed by atoms with E-state index in [0.29, 0.717) is 18.4 Å². The Bertz CT molecular complexity index is 3420. The monoisotopic (exact) mass is 1250 g/mol. The van der Waals surface area contributed by atoms with Crippen molar-refractivity contribution in [2.75, 3.05) is 60.1 Å². The maximum absolute atomic E-state index is 15.2. The molecule has 28 heteroatoms. The van der Waals surface area contributed by atoms with Gasteiger partial charge in [0.2, 0.25) is 52.7 Å². The van der Waals surface area contributed by atoms with Gasteiger partial charge in [0.25, 0.3) is 11.8 Å². The molecular formula is C62H86N12O16.